The van der Waals surface area contributed by atoms with Crippen LogP contribution in [0.2, 0.25) is 0 Å². The number of ether oxygens (including phenoxy) is 1. The third-order valence-electron chi connectivity index (χ3n) is 3.27. The summed E-state index contributed by atoms with van der Waals surface area (Å²) >= 11 is 3.33. The molecule has 1 atom stereocenters. The number of carbonyl (C=O) groups is 1. The molecule has 6 nitrogen and oxygen atoms in total. The average molecular weight is 327 g/mol. The van der Waals surface area contributed by atoms with Crippen molar-refractivity contribution in [3.05, 3.63) is 17.0 Å². The minimum Gasteiger partial charge on any atom is -0.377 e. The Labute approximate surface area is 119 Å². The van der Waals surface area contributed by atoms with E-state index in [2.05, 4.69) is 31.2 Å². The van der Waals surface area contributed by atoms with Gasteiger partial charge in [-0.05, 0) is 28.8 Å². The first kappa shape index (κ1) is 12.8. The van der Waals surface area contributed by atoms with Crippen molar-refractivity contribution in [3.63, 3.8) is 0 Å². The second-order valence-electron chi connectivity index (χ2n) is 4.77. The predicted molar refractivity (Wildman–Crippen MR) is 72.8 cm³/mol. The highest BCUT2D eigenvalue weighted by molar-refractivity contribution is 9.10. The van der Waals surface area contributed by atoms with Crippen molar-refractivity contribution in [2.75, 3.05) is 24.7 Å². The Hall–Kier alpha value is -1.21. The van der Waals surface area contributed by atoms with E-state index >= 15 is 0 Å². The second-order valence-corrected chi connectivity index (χ2v) is 5.58. The Bertz CT molecular complexity index is 481. The predicted octanol–water partition coefficient (Wildman–Crippen LogP) is 0.723. The first-order valence-electron chi connectivity index (χ1n) is 6.36. The normalized spacial score (nSPS) is 23.2. The maximum atomic E-state index is 12.2. The largest absolute Gasteiger partial charge is 0.377 e. The fraction of sp³-hybridized carbons (Fsp3) is 0.583. The van der Waals surface area contributed by atoms with E-state index in [-0.39, 0.29) is 11.9 Å². The van der Waals surface area contributed by atoms with Gasteiger partial charge in [0.25, 0.3) is 0 Å². The number of carbonyl (C=O) groups excluding carboxylic acids is 1. The van der Waals surface area contributed by atoms with Gasteiger partial charge in [-0.3, -0.25) is 4.79 Å². The topological polar surface area (TPSA) is 67.3 Å². The Balaban J connectivity index is 1.77. The quantitative estimate of drug-likeness (QED) is 0.829. The lowest BCUT2D eigenvalue weighted by atomic mass is 10.2. The van der Waals surface area contributed by atoms with Crippen LogP contribution >= 0.6 is 15.9 Å². The van der Waals surface area contributed by atoms with Gasteiger partial charge in [0.15, 0.2) is 0 Å². The van der Waals surface area contributed by atoms with E-state index in [0.717, 1.165) is 18.7 Å². The van der Waals surface area contributed by atoms with E-state index in [0.29, 0.717) is 30.4 Å². The second kappa shape index (κ2) is 5.42. The summed E-state index contributed by atoms with van der Waals surface area (Å²) < 4.78 is 6.14. The van der Waals surface area contributed by atoms with Crippen LogP contribution in [0.5, 0.6) is 0 Å². The number of anilines is 1. The van der Waals surface area contributed by atoms with Gasteiger partial charge in [0.2, 0.25) is 5.91 Å². The van der Waals surface area contributed by atoms with Crippen LogP contribution in [0.3, 0.4) is 0 Å². The van der Waals surface area contributed by atoms with E-state index in [1.807, 2.05) is 11.0 Å². The summed E-state index contributed by atoms with van der Waals surface area (Å²) in [5.41, 5.74) is 0. The molecule has 0 aromatic carbocycles. The van der Waals surface area contributed by atoms with Crippen LogP contribution in [0, 0.1) is 0 Å². The molecule has 102 valence electrons. The smallest absolute Gasteiger partial charge is 0.245 e. The molecule has 1 amide bonds. The van der Waals surface area contributed by atoms with Gasteiger partial charge in [-0.1, -0.05) is 0 Å². The lowest BCUT2D eigenvalue weighted by Crippen LogP contribution is -2.54. The van der Waals surface area contributed by atoms with Crippen molar-refractivity contribution in [1.29, 1.82) is 0 Å². The maximum absolute atomic E-state index is 12.2. The van der Waals surface area contributed by atoms with Gasteiger partial charge < -0.3 is 15.0 Å². The lowest BCUT2D eigenvalue weighted by Gasteiger charge is -2.35. The van der Waals surface area contributed by atoms with Gasteiger partial charge in [0, 0.05) is 18.7 Å². The Kier molecular flexibility index (Phi) is 3.65. The van der Waals surface area contributed by atoms with Gasteiger partial charge in [-0.25, -0.2) is 9.97 Å². The molecule has 2 fully saturated rings. The molecule has 0 radical (unpaired) electrons. The summed E-state index contributed by atoms with van der Waals surface area (Å²) in [5, 5.41) is 3.02. The first-order valence-corrected chi connectivity index (χ1v) is 7.15. The highest BCUT2D eigenvalue weighted by Crippen LogP contribution is 2.22. The monoisotopic (exact) mass is 326 g/mol. The molecule has 3 rings (SSSR count). The van der Waals surface area contributed by atoms with Crippen LogP contribution in [0.1, 0.15) is 12.8 Å². The van der Waals surface area contributed by atoms with Crippen molar-refractivity contribution in [3.8, 4) is 0 Å². The molecule has 1 aromatic heterocycles. The average Bonchev–Trinajstić information content (AvgIpc) is 3.23. The van der Waals surface area contributed by atoms with Gasteiger partial charge in [-0.2, -0.15) is 0 Å². The summed E-state index contributed by atoms with van der Waals surface area (Å²) in [7, 11) is 0. The third-order valence-corrected chi connectivity index (χ3v) is 3.70. The zero-order valence-electron chi connectivity index (χ0n) is 10.4. The van der Waals surface area contributed by atoms with Gasteiger partial charge in [0.1, 0.15) is 22.8 Å². The van der Waals surface area contributed by atoms with Crippen LogP contribution in [-0.4, -0.2) is 47.7 Å². The molecular formula is C12H15BrN4O2. The number of amides is 1. The number of nitrogens with zero attached hydrogens (tertiary/aromatic N) is 3. The molecule has 1 aromatic rings. The lowest BCUT2D eigenvalue weighted by molar-refractivity contribution is -0.124. The SMILES string of the molecule is O=C(NC1CC1)C1COCCN1c1cc(Br)ncn1. The van der Waals surface area contributed by atoms with Crippen LogP contribution in [0.15, 0.2) is 17.0 Å². The number of aromatic nitrogens is 2. The van der Waals surface area contributed by atoms with Crippen molar-refractivity contribution in [1.82, 2.24) is 15.3 Å². The molecule has 19 heavy (non-hydrogen) atoms. The third kappa shape index (κ3) is 3.03. The summed E-state index contributed by atoms with van der Waals surface area (Å²) in [6.07, 6.45) is 3.65. The van der Waals surface area contributed by atoms with Crippen LogP contribution in [0.25, 0.3) is 0 Å². The number of morpholine rings is 1. The fourth-order valence-electron chi connectivity index (χ4n) is 2.10. The number of rotatable bonds is 3. The van der Waals surface area contributed by atoms with Crippen LogP contribution in [0.4, 0.5) is 5.82 Å². The van der Waals surface area contributed by atoms with Crippen molar-refractivity contribution >= 4 is 27.7 Å². The molecule has 1 aliphatic carbocycles. The van der Waals surface area contributed by atoms with Crippen molar-refractivity contribution in [2.24, 2.45) is 0 Å². The number of nitrogens with one attached hydrogen (secondary N) is 1. The van der Waals surface area contributed by atoms with E-state index in [1.54, 1.807) is 0 Å². The Morgan fingerprint density at radius 2 is 2.32 bits per heavy atom. The molecule has 1 saturated carbocycles. The summed E-state index contributed by atoms with van der Waals surface area (Å²) in [6.45, 7) is 1.67. The van der Waals surface area contributed by atoms with Gasteiger partial charge in [-0.15, -0.1) is 0 Å². The molecule has 1 N–H and O–H groups in total. The maximum Gasteiger partial charge on any atom is 0.245 e. The van der Waals surface area contributed by atoms with Gasteiger partial charge in [0.05, 0.1) is 13.2 Å². The molecule has 2 aliphatic rings. The Morgan fingerprint density at radius 3 is 3.05 bits per heavy atom. The number of hydrogen-bond donors (Lipinski definition) is 1. The zero-order valence-corrected chi connectivity index (χ0v) is 12.0. The summed E-state index contributed by atoms with van der Waals surface area (Å²) in [4.78, 5) is 22.5. The summed E-state index contributed by atoms with van der Waals surface area (Å²) in [6, 6.07) is 1.87. The molecule has 2 heterocycles. The molecule has 0 spiro atoms. The minimum atomic E-state index is -0.309. The van der Waals surface area contributed by atoms with Gasteiger partial charge >= 0.3 is 0 Å². The fourth-order valence-corrected chi connectivity index (χ4v) is 2.40. The number of halogens is 1. The first-order chi connectivity index (χ1) is 9.24. The van der Waals surface area contributed by atoms with Crippen molar-refractivity contribution in [2.45, 2.75) is 24.9 Å². The van der Waals surface area contributed by atoms with Crippen LogP contribution in [-0.2, 0) is 9.53 Å². The standard InChI is InChI=1S/C12H15BrN4O2/c13-10-5-11(15-7-14-10)17-3-4-19-6-9(17)12(18)16-8-1-2-8/h5,7-9H,1-4,6H2,(H,16,18). The minimum absolute atomic E-state index is 0.0249. The molecule has 7 heteroatoms. The van der Waals surface area contributed by atoms with E-state index in [4.69, 9.17) is 4.74 Å². The highest BCUT2D eigenvalue weighted by atomic mass is 79.9. The molecule has 0 bridgehead atoms. The van der Waals surface area contributed by atoms with E-state index < -0.39 is 0 Å². The highest BCUT2D eigenvalue weighted by Gasteiger charge is 2.33. The summed E-state index contributed by atoms with van der Waals surface area (Å²) in [5.74, 6) is 0.776. The molecule has 1 saturated heterocycles. The zero-order chi connectivity index (χ0) is 13.2. The van der Waals surface area contributed by atoms with Crippen LogP contribution < -0.4 is 10.2 Å². The molecule has 1 unspecified atom stereocenters. The number of hydrogen-bond acceptors (Lipinski definition) is 5. The molecular weight excluding hydrogens is 312 g/mol. The van der Waals surface area contributed by atoms with E-state index in [9.17, 15) is 4.79 Å². The van der Waals surface area contributed by atoms with E-state index in [1.165, 1.54) is 6.33 Å². The molecule has 1 aliphatic heterocycles. The Morgan fingerprint density at radius 1 is 1.47 bits per heavy atom. The van der Waals surface area contributed by atoms with Crippen molar-refractivity contribution < 1.29 is 9.53 Å².